The number of benzene rings is 1. The van der Waals surface area contributed by atoms with Gasteiger partial charge >= 0.3 is 0 Å². The van der Waals surface area contributed by atoms with Crippen molar-refractivity contribution >= 4 is 10.0 Å². The first kappa shape index (κ1) is 14.2. The van der Waals surface area contributed by atoms with Crippen molar-refractivity contribution in [2.24, 2.45) is 0 Å². The molecule has 0 aliphatic rings. The van der Waals surface area contributed by atoms with Gasteiger partial charge in [-0.3, -0.25) is 0 Å². The average Bonchev–Trinajstić information content (AvgIpc) is 2.29. The van der Waals surface area contributed by atoms with E-state index in [9.17, 15) is 8.42 Å². The predicted octanol–water partition coefficient (Wildman–Crippen LogP) is 1.09. The average molecular weight is 256 g/mol. The van der Waals surface area contributed by atoms with Gasteiger partial charge in [-0.2, -0.15) is 0 Å². The van der Waals surface area contributed by atoms with Crippen molar-refractivity contribution in [3.05, 3.63) is 29.8 Å². The van der Waals surface area contributed by atoms with Crippen molar-refractivity contribution in [1.82, 2.24) is 9.62 Å². The summed E-state index contributed by atoms with van der Waals surface area (Å²) in [4.78, 5) is 0.336. The van der Waals surface area contributed by atoms with Crippen LogP contribution < -0.4 is 5.32 Å². The monoisotopic (exact) mass is 256 g/mol. The number of rotatable bonds is 5. The Balaban J connectivity index is 2.89. The van der Waals surface area contributed by atoms with E-state index >= 15 is 0 Å². The highest BCUT2D eigenvalue weighted by Crippen LogP contribution is 2.14. The van der Waals surface area contributed by atoms with Gasteiger partial charge in [0.25, 0.3) is 0 Å². The molecule has 5 heteroatoms. The lowest BCUT2D eigenvalue weighted by molar-refractivity contribution is 0.520. The third-order valence-corrected chi connectivity index (χ3v) is 4.57. The molecule has 0 radical (unpaired) electrons. The molecule has 0 saturated heterocycles. The number of nitrogens with zero attached hydrogens (tertiary/aromatic N) is 1. The fourth-order valence-electron chi connectivity index (χ4n) is 1.46. The van der Waals surface area contributed by atoms with Crippen LogP contribution in [0.15, 0.2) is 29.2 Å². The zero-order valence-electron chi connectivity index (χ0n) is 10.8. The second kappa shape index (κ2) is 5.62. The van der Waals surface area contributed by atoms with Crippen LogP contribution in [0.3, 0.4) is 0 Å². The molecule has 17 heavy (non-hydrogen) atoms. The van der Waals surface area contributed by atoms with Gasteiger partial charge in [0.05, 0.1) is 4.90 Å². The first-order chi connectivity index (χ1) is 7.87. The van der Waals surface area contributed by atoms with E-state index in [0.29, 0.717) is 10.9 Å². The van der Waals surface area contributed by atoms with E-state index in [1.807, 2.05) is 19.2 Å². The first-order valence-electron chi connectivity index (χ1n) is 5.56. The normalized spacial score (nSPS) is 13.9. The van der Waals surface area contributed by atoms with E-state index in [1.54, 1.807) is 12.1 Å². The van der Waals surface area contributed by atoms with Crippen LogP contribution in [0.5, 0.6) is 0 Å². The van der Waals surface area contributed by atoms with Gasteiger partial charge in [-0.25, -0.2) is 12.7 Å². The SMILES string of the molecule is CNC(C)Cc1ccc(S(=O)(=O)N(C)C)cc1. The van der Waals surface area contributed by atoms with E-state index in [0.717, 1.165) is 12.0 Å². The Bertz CT molecular complexity index is 452. The molecular formula is C12H20N2O2S. The minimum Gasteiger partial charge on any atom is -0.317 e. The molecule has 1 aromatic rings. The van der Waals surface area contributed by atoms with Gasteiger partial charge in [-0.1, -0.05) is 12.1 Å². The Morgan fingerprint density at radius 3 is 2.18 bits per heavy atom. The lowest BCUT2D eigenvalue weighted by Crippen LogP contribution is -2.24. The zero-order chi connectivity index (χ0) is 13.1. The van der Waals surface area contributed by atoms with Crippen LogP contribution in [0.1, 0.15) is 12.5 Å². The molecule has 1 unspecified atom stereocenters. The molecule has 0 bridgehead atoms. The van der Waals surface area contributed by atoms with Crippen LogP contribution in [0.4, 0.5) is 0 Å². The summed E-state index contributed by atoms with van der Waals surface area (Å²) in [6.45, 7) is 2.09. The van der Waals surface area contributed by atoms with Crippen LogP contribution in [-0.4, -0.2) is 39.9 Å². The summed E-state index contributed by atoms with van der Waals surface area (Å²) in [6, 6.07) is 7.43. The van der Waals surface area contributed by atoms with Gasteiger partial charge in [-0.05, 0) is 38.1 Å². The molecule has 1 N–H and O–H groups in total. The molecule has 0 aliphatic heterocycles. The van der Waals surface area contributed by atoms with Crippen LogP contribution in [0.25, 0.3) is 0 Å². The smallest absolute Gasteiger partial charge is 0.242 e. The predicted molar refractivity (Wildman–Crippen MR) is 69.5 cm³/mol. The maximum atomic E-state index is 11.8. The highest BCUT2D eigenvalue weighted by molar-refractivity contribution is 7.89. The van der Waals surface area contributed by atoms with E-state index in [-0.39, 0.29) is 0 Å². The Morgan fingerprint density at radius 2 is 1.76 bits per heavy atom. The van der Waals surface area contributed by atoms with Gasteiger partial charge in [-0.15, -0.1) is 0 Å². The quantitative estimate of drug-likeness (QED) is 0.858. The van der Waals surface area contributed by atoms with Crippen molar-refractivity contribution < 1.29 is 8.42 Å². The highest BCUT2D eigenvalue weighted by Gasteiger charge is 2.16. The summed E-state index contributed by atoms with van der Waals surface area (Å²) in [5.74, 6) is 0. The van der Waals surface area contributed by atoms with Gasteiger partial charge in [0, 0.05) is 20.1 Å². The van der Waals surface area contributed by atoms with Crippen molar-refractivity contribution in [1.29, 1.82) is 0 Å². The van der Waals surface area contributed by atoms with E-state index in [2.05, 4.69) is 12.2 Å². The number of hydrogen-bond donors (Lipinski definition) is 1. The van der Waals surface area contributed by atoms with Crippen molar-refractivity contribution in [3.63, 3.8) is 0 Å². The third kappa shape index (κ3) is 3.52. The van der Waals surface area contributed by atoms with Crippen molar-refractivity contribution in [2.45, 2.75) is 24.3 Å². The molecular weight excluding hydrogens is 236 g/mol. The second-order valence-electron chi connectivity index (χ2n) is 4.33. The number of hydrogen-bond acceptors (Lipinski definition) is 3. The zero-order valence-corrected chi connectivity index (χ0v) is 11.6. The Kier molecular flexibility index (Phi) is 4.68. The molecule has 0 heterocycles. The second-order valence-corrected chi connectivity index (χ2v) is 6.48. The molecule has 96 valence electrons. The minimum absolute atomic E-state index is 0.336. The van der Waals surface area contributed by atoms with Crippen LogP contribution >= 0.6 is 0 Å². The number of nitrogens with one attached hydrogen (secondary N) is 1. The molecule has 0 aliphatic carbocycles. The summed E-state index contributed by atoms with van der Waals surface area (Å²) in [7, 11) is 1.67. The van der Waals surface area contributed by atoms with Gasteiger partial charge in [0.15, 0.2) is 0 Å². The summed E-state index contributed by atoms with van der Waals surface area (Å²) < 4.78 is 24.9. The van der Waals surface area contributed by atoms with E-state index in [4.69, 9.17) is 0 Å². The fraction of sp³-hybridized carbons (Fsp3) is 0.500. The lowest BCUT2D eigenvalue weighted by Gasteiger charge is -2.13. The lowest BCUT2D eigenvalue weighted by atomic mass is 10.1. The van der Waals surface area contributed by atoms with Crippen LogP contribution in [0.2, 0.25) is 0 Å². The van der Waals surface area contributed by atoms with Crippen LogP contribution in [-0.2, 0) is 16.4 Å². The molecule has 0 spiro atoms. The topological polar surface area (TPSA) is 49.4 Å². The Labute approximate surface area is 104 Å². The maximum Gasteiger partial charge on any atom is 0.242 e. The molecule has 4 nitrogen and oxygen atoms in total. The Morgan fingerprint density at radius 1 is 1.24 bits per heavy atom. The fourth-order valence-corrected chi connectivity index (χ4v) is 2.37. The highest BCUT2D eigenvalue weighted by atomic mass is 32.2. The molecule has 1 atom stereocenters. The largest absolute Gasteiger partial charge is 0.317 e. The summed E-state index contributed by atoms with van der Waals surface area (Å²) in [5, 5.41) is 3.15. The van der Waals surface area contributed by atoms with Gasteiger partial charge < -0.3 is 5.32 Å². The molecule has 0 fully saturated rings. The maximum absolute atomic E-state index is 11.8. The summed E-state index contributed by atoms with van der Waals surface area (Å²) in [5.41, 5.74) is 1.13. The number of likely N-dealkylation sites (N-methyl/N-ethyl adjacent to an activating group) is 1. The summed E-state index contributed by atoms with van der Waals surface area (Å²) in [6.07, 6.45) is 0.888. The van der Waals surface area contributed by atoms with Gasteiger partial charge in [0.1, 0.15) is 0 Å². The standard InChI is InChI=1S/C12H20N2O2S/c1-10(13-2)9-11-5-7-12(8-6-11)17(15,16)14(3)4/h5-8,10,13H,9H2,1-4H3. The molecule has 0 aromatic heterocycles. The van der Waals surface area contributed by atoms with E-state index in [1.165, 1.54) is 18.4 Å². The van der Waals surface area contributed by atoms with E-state index < -0.39 is 10.0 Å². The summed E-state index contributed by atoms with van der Waals surface area (Å²) >= 11 is 0. The van der Waals surface area contributed by atoms with Gasteiger partial charge in [0.2, 0.25) is 10.0 Å². The molecule has 0 saturated carbocycles. The van der Waals surface area contributed by atoms with Crippen molar-refractivity contribution in [2.75, 3.05) is 21.1 Å². The first-order valence-corrected chi connectivity index (χ1v) is 7.00. The number of sulfonamides is 1. The Hall–Kier alpha value is -0.910. The van der Waals surface area contributed by atoms with Crippen molar-refractivity contribution in [3.8, 4) is 0 Å². The van der Waals surface area contributed by atoms with Crippen LogP contribution in [0, 0.1) is 0 Å². The minimum atomic E-state index is -3.31. The third-order valence-electron chi connectivity index (χ3n) is 2.74. The molecule has 0 amide bonds. The molecule has 1 rings (SSSR count). The molecule has 1 aromatic carbocycles.